The van der Waals surface area contributed by atoms with Gasteiger partial charge in [-0.3, -0.25) is 0 Å². The molecule has 3 aromatic rings. The van der Waals surface area contributed by atoms with E-state index in [1.165, 1.54) is 6.07 Å². The van der Waals surface area contributed by atoms with E-state index in [0.29, 0.717) is 31.1 Å². The Balaban J connectivity index is 1.63. The van der Waals surface area contributed by atoms with Crippen molar-refractivity contribution >= 4 is 10.0 Å². The summed E-state index contributed by atoms with van der Waals surface area (Å²) in [5.74, 6) is 1.02. The number of benzene rings is 3. The van der Waals surface area contributed by atoms with Gasteiger partial charge in [-0.05, 0) is 29.7 Å². The highest BCUT2D eigenvalue weighted by Gasteiger charge is 2.24. The molecule has 0 spiro atoms. The number of hydrogen-bond acceptors (Lipinski definition) is 4. The Morgan fingerprint density at radius 1 is 0.821 bits per heavy atom. The van der Waals surface area contributed by atoms with Crippen molar-refractivity contribution in [3.05, 3.63) is 90.0 Å². The number of nitrogens with one attached hydrogen (secondary N) is 1. The van der Waals surface area contributed by atoms with Gasteiger partial charge in [0, 0.05) is 6.07 Å². The molecule has 0 amide bonds. The molecule has 1 aliphatic heterocycles. The Morgan fingerprint density at radius 3 is 2.18 bits per heavy atom. The van der Waals surface area contributed by atoms with E-state index in [2.05, 4.69) is 4.72 Å². The molecule has 0 fully saturated rings. The number of sulfonamides is 1. The van der Waals surface area contributed by atoms with Crippen molar-refractivity contribution in [2.24, 2.45) is 0 Å². The fraction of sp³-hybridized carbons (Fsp3) is 0.182. The monoisotopic (exact) mass is 395 g/mol. The minimum atomic E-state index is -3.75. The highest BCUT2D eigenvalue weighted by Crippen LogP contribution is 2.32. The van der Waals surface area contributed by atoms with Crippen molar-refractivity contribution in [2.75, 3.05) is 13.2 Å². The highest BCUT2D eigenvalue weighted by atomic mass is 32.2. The second kappa shape index (κ2) is 8.04. The first-order chi connectivity index (χ1) is 13.6. The van der Waals surface area contributed by atoms with Crippen molar-refractivity contribution in [1.82, 2.24) is 4.72 Å². The van der Waals surface area contributed by atoms with E-state index in [1.54, 1.807) is 12.1 Å². The van der Waals surface area contributed by atoms with Crippen LogP contribution in [0.4, 0.5) is 0 Å². The second-order valence-electron chi connectivity index (χ2n) is 6.58. The molecule has 0 bridgehead atoms. The number of rotatable bonds is 6. The van der Waals surface area contributed by atoms with Gasteiger partial charge in [0.2, 0.25) is 10.0 Å². The summed E-state index contributed by atoms with van der Waals surface area (Å²) < 4.78 is 40.0. The number of ether oxygens (including phenoxy) is 2. The van der Waals surface area contributed by atoms with Gasteiger partial charge in [-0.15, -0.1) is 0 Å². The molecule has 0 aliphatic carbocycles. The largest absolute Gasteiger partial charge is 0.486 e. The van der Waals surface area contributed by atoms with Crippen LogP contribution in [-0.2, 0) is 16.4 Å². The molecule has 0 saturated carbocycles. The summed E-state index contributed by atoms with van der Waals surface area (Å²) in [6.45, 7) is 0.870. The lowest BCUT2D eigenvalue weighted by Gasteiger charge is -2.21. The van der Waals surface area contributed by atoms with Gasteiger partial charge in [-0.25, -0.2) is 13.1 Å². The van der Waals surface area contributed by atoms with Crippen LogP contribution in [0.25, 0.3) is 0 Å². The number of fused-ring (bicyclic) bond motifs is 1. The maximum absolute atomic E-state index is 13.1. The summed E-state index contributed by atoms with van der Waals surface area (Å²) in [6, 6.07) is 23.7. The minimum absolute atomic E-state index is 0.158. The summed E-state index contributed by atoms with van der Waals surface area (Å²) >= 11 is 0. The molecular formula is C22H21NO4S. The zero-order valence-electron chi connectivity index (χ0n) is 15.2. The summed E-state index contributed by atoms with van der Waals surface area (Å²) in [4.78, 5) is 0.158. The second-order valence-corrected chi connectivity index (χ2v) is 8.29. The van der Waals surface area contributed by atoms with Crippen LogP contribution in [0.1, 0.15) is 17.2 Å². The lowest BCUT2D eigenvalue weighted by atomic mass is 10.00. The van der Waals surface area contributed by atoms with Gasteiger partial charge in [0.15, 0.2) is 11.5 Å². The summed E-state index contributed by atoms with van der Waals surface area (Å²) in [6.07, 6.45) is 0.550. The van der Waals surface area contributed by atoms with Crippen LogP contribution in [0.3, 0.4) is 0 Å². The third kappa shape index (κ3) is 4.18. The van der Waals surface area contributed by atoms with Gasteiger partial charge >= 0.3 is 0 Å². The molecule has 1 aliphatic rings. The fourth-order valence-electron chi connectivity index (χ4n) is 3.21. The molecule has 0 radical (unpaired) electrons. The predicted molar refractivity (Wildman–Crippen MR) is 107 cm³/mol. The third-order valence-corrected chi connectivity index (χ3v) is 6.08. The number of hydrogen-bond donors (Lipinski definition) is 1. The lowest BCUT2D eigenvalue weighted by Crippen LogP contribution is -2.30. The van der Waals surface area contributed by atoms with E-state index in [4.69, 9.17) is 9.47 Å². The van der Waals surface area contributed by atoms with Crippen LogP contribution in [-0.4, -0.2) is 21.6 Å². The smallest absolute Gasteiger partial charge is 0.241 e. The van der Waals surface area contributed by atoms with Crippen LogP contribution >= 0.6 is 0 Å². The summed E-state index contributed by atoms with van der Waals surface area (Å²) in [5, 5.41) is 0. The van der Waals surface area contributed by atoms with Crippen molar-refractivity contribution in [3.63, 3.8) is 0 Å². The van der Waals surface area contributed by atoms with Crippen molar-refractivity contribution in [1.29, 1.82) is 0 Å². The first kappa shape index (κ1) is 18.5. The maximum Gasteiger partial charge on any atom is 0.241 e. The van der Waals surface area contributed by atoms with E-state index in [-0.39, 0.29) is 10.9 Å². The maximum atomic E-state index is 13.1. The molecule has 1 atom stereocenters. The molecule has 1 N–H and O–H groups in total. The van der Waals surface area contributed by atoms with E-state index < -0.39 is 10.0 Å². The van der Waals surface area contributed by atoms with Crippen LogP contribution in [0.5, 0.6) is 11.5 Å². The van der Waals surface area contributed by atoms with Gasteiger partial charge in [0.25, 0.3) is 0 Å². The Bertz CT molecular complexity index is 1040. The zero-order chi connectivity index (χ0) is 19.4. The lowest BCUT2D eigenvalue weighted by molar-refractivity contribution is 0.171. The Labute approximate surface area is 165 Å². The molecule has 5 nitrogen and oxygen atoms in total. The van der Waals surface area contributed by atoms with Crippen LogP contribution in [0.15, 0.2) is 83.8 Å². The normalized spacial score (nSPS) is 14.4. The Morgan fingerprint density at radius 2 is 1.46 bits per heavy atom. The minimum Gasteiger partial charge on any atom is -0.486 e. The van der Waals surface area contributed by atoms with Gasteiger partial charge < -0.3 is 9.47 Å². The molecule has 4 rings (SSSR count). The first-order valence-electron chi connectivity index (χ1n) is 9.13. The molecule has 6 heteroatoms. The zero-order valence-corrected chi connectivity index (χ0v) is 16.1. The average Bonchev–Trinajstić information content (AvgIpc) is 2.74. The van der Waals surface area contributed by atoms with E-state index >= 15 is 0 Å². The van der Waals surface area contributed by atoms with Crippen LogP contribution in [0.2, 0.25) is 0 Å². The van der Waals surface area contributed by atoms with E-state index in [0.717, 1.165) is 11.1 Å². The molecule has 0 unspecified atom stereocenters. The SMILES string of the molecule is O=S(=O)(N[C@@H](Cc1ccccc1)c1ccccc1)c1ccc2c(c1)OCCO2. The van der Waals surface area contributed by atoms with E-state index in [9.17, 15) is 8.42 Å². The quantitative estimate of drug-likeness (QED) is 0.691. The first-order valence-corrected chi connectivity index (χ1v) is 10.6. The van der Waals surface area contributed by atoms with Crippen molar-refractivity contribution < 1.29 is 17.9 Å². The molecule has 1 heterocycles. The van der Waals surface area contributed by atoms with Gasteiger partial charge in [-0.2, -0.15) is 0 Å². The molecule has 0 aromatic heterocycles. The van der Waals surface area contributed by atoms with Crippen molar-refractivity contribution in [3.8, 4) is 11.5 Å². The Hall–Kier alpha value is -2.83. The predicted octanol–water partition coefficient (Wildman–Crippen LogP) is 3.72. The van der Waals surface area contributed by atoms with Crippen LogP contribution < -0.4 is 14.2 Å². The van der Waals surface area contributed by atoms with E-state index in [1.807, 2.05) is 60.7 Å². The molecule has 144 valence electrons. The van der Waals surface area contributed by atoms with Gasteiger partial charge in [-0.1, -0.05) is 60.7 Å². The summed E-state index contributed by atoms with van der Waals surface area (Å²) in [5.41, 5.74) is 1.97. The topological polar surface area (TPSA) is 64.6 Å². The van der Waals surface area contributed by atoms with Gasteiger partial charge in [0.05, 0.1) is 10.9 Å². The van der Waals surface area contributed by atoms with Crippen LogP contribution in [0, 0.1) is 0 Å². The third-order valence-electron chi connectivity index (χ3n) is 4.61. The van der Waals surface area contributed by atoms with Crippen molar-refractivity contribution in [2.45, 2.75) is 17.4 Å². The fourth-order valence-corrected chi connectivity index (χ4v) is 4.45. The summed E-state index contributed by atoms with van der Waals surface area (Å²) in [7, 11) is -3.75. The molecule has 28 heavy (non-hydrogen) atoms. The highest BCUT2D eigenvalue weighted by molar-refractivity contribution is 7.89. The standard InChI is InChI=1S/C22H21NO4S/c24-28(25,19-11-12-21-22(16-19)27-14-13-26-21)23-20(18-9-5-2-6-10-18)15-17-7-3-1-4-8-17/h1-12,16,20,23H,13-15H2/t20-/m0/s1. The van der Waals surface area contributed by atoms with Gasteiger partial charge in [0.1, 0.15) is 13.2 Å². The average molecular weight is 395 g/mol. The molecule has 3 aromatic carbocycles. The molecular weight excluding hydrogens is 374 g/mol. The molecule has 0 saturated heterocycles. The Kier molecular flexibility index (Phi) is 5.32.